The lowest BCUT2D eigenvalue weighted by molar-refractivity contribution is 0.0730. The van der Waals surface area contributed by atoms with Crippen molar-refractivity contribution in [2.24, 2.45) is 0 Å². The number of fused-ring (bicyclic) bond motifs is 1. The number of rotatable bonds is 2. The standard InChI is InChI=1S/C16H12N2O3/c1-11-14(21-16(20)12-7-3-2-4-8-12)15(19)18-10-6-5-9-13(18)17-11/h2-10H,1H3. The van der Waals surface area contributed by atoms with E-state index in [9.17, 15) is 9.59 Å². The van der Waals surface area contributed by atoms with Crippen LogP contribution in [0, 0.1) is 6.92 Å². The molecule has 2 heterocycles. The van der Waals surface area contributed by atoms with Crippen LogP contribution in [-0.2, 0) is 0 Å². The molecule has 3 rings (SSSR count). The third-order valence-electron chi connectivity index (χ3n) is 3.07. The van der Waals surface area contributed by atoms with Crippen molar-refractivity contribution in [3.05, 3.63) is 76.3 Å². The van der Waals surface area contributed by atoms with Crippen LogP contribution in [0.5, 0.6) is 5.75 Å². The summed E-state index contributed by atoms with van der Waals surface area (Å²) in [6.07, 6.45) is 1.59. The second-order valence-corrected chi connectivity index (χ2v) is 4.52. The molecule has 21 heavy (non-hydrogen) atoms. The van der Waals surface area contributed by atoms with E-state index in [0.717, 1.165) is 0 Å². The largest absolute Gasteiger partial charge is 0.415 e. The Balaban J connectivity index is 2.05. The zero-order chi connectivity index (χ0) is 14.8. The smallest absolute Gasteiger partial charge is 0.343 e. The predicted molar refractivity (Wildman–Crippen MR) is 77.6 cm³/mol. The Morgan fingerprint density at radius 2 is 1.81 bits per heavy atom. The van der Waals surface area contributed by atoms with Gasteiger partial charge in [0, 0.05) is 6.20 Å². The highest BCUT2D eigenvalue weighted by molar-refractivity contribution is 5.91. The average Bonchev–Trinajstić information content (AvgIpc) is 2.52. The zero-order valence-corrected chi connectivity index (χ0v) is 11.3. The second-order valence-electron chi connectivity index (χ2n) is 4.52. The number of pyridine rings is 1. The molecule has 0 amide bonds. The van der Waals surface area contributed by atoms with Crippen LogP contribution in [0.1, 0.15) is 16.1 Å². The molecule has 0 aliphatic carbocycles. The summed E-state index contributed by atoms with van der Waals surface area (Å²) >= 11 is 0. The highest BCUT2D eigenvalue weighted by Crippen LogP contribution is 2.13. The molecule has 5 nitrogen and oxygen atoms in total. The van der Waals surface area contributed by atoms with Gasteiger partial charge in [-0.25, -0.2) is 9.78 Å². The fraction of sp³-hybridized carbons (Fsp3) is 0.0625. The van der Waals surface area contributed by atoms with Gasteiger partial charge in [0.15, 0.2) is 0 Å². The molecule has 0 aliphatic rings. The Labute approximate surface area is 120 Å². The zero-order valence-electron chi connectivity index (χ0n) is 11.3. The molecular formula is C16H12N2O3. The van der Waals surface area contributed by atoms with Gasteiger partial charge in [0.05, 0.1) is 11.3 Å². The van der Waals surface area contributed by atoms with Crippen molar-refractivity contribution in [1.82, 2.24) is 9.38 Å². The molecule has 104 valence electrons. The summed E-state index contributed by atoms with van der Waals surface area (Å²) in [6, 6.07) is 13.7. The maximum atomic E-state index is 12.4. The summed E-state index contributed by atoms with van der Waals surface area (Å²) in [6.45, 7) is 1.64. The molecule has 0 aliphatic heterocycles. The molecule has 2 aromatic heterocycles. The SMILES string of the molecule is Cc1nc2ccccn2c(=O)c1OC(=O)c1ccccc1. The minimum Gasteiger partial charge on any atom is -0.415 e. The Morgan fingerprint density at radius 1 is 1.10 bits per heavy atom. The Bertz CT molecular complexity index is 870. The summed E-state index contributed by atoms with van der Waals surface area (Å²) < 4.78 is 6.58. The summed E-state index contributed by atoms with van der Waals surface area (Å²) in [5.41, 5.74) is 0.881. The molecule has 5 heteroatoms. The van der Waals surface area contributed by atoms with E-state index < -0.39 is 11.5 Å². The number of aryl methyl sites for hydroxylation is 1. The minimum atomic E-state index is -0.575. The number of hydrogen-bond acceptors (Lipinski definition) is 4. The Morgan fingerprint density at radius 3 is 2.57 bits per heavy atom. The van der Waals surface area contributed by atoms with Crippen molar-refractivity contribution in [3.8, 4) is 5.75 Å². The molecule has 3 aromatic rings. The Kier molecular flexibility index (Phi) is 3.23. The topological polar surface area (TPSA) is 60.7 Å². The van der Waals surface area contributed by atoms with Gasteiger partial charge in [-0.2, -0.15) is 0 Å². The quantitative estimate of drug-likeness (QED) is 0.675. The molecule has 0 unspecified atom stereocenters. The van der Waals surface area contributed by atoms with Gasteiger partial charge >= 0.3 is 11.5 Å². The predicted octanol–water partition coefficient (Wildman–Crippen LogP) is 2.22. The van der Waals surface area contributed by atoms with Gasteiger partial charge in [-0.15, -0.1) is 0 Å². The van der Waals surface area contributed by atoms with Crippen LogP contribution in [0.4, 0.5) is 0 Å². The van der Waals surface area contributed by atoms with E-state index in [4.69, 9.17) is 4.74 Å². The number of esters is 1. The number of carbonyl (C=O) groups excluding carboxylic acids is 1. The van der Waals surface area contributed by atoms with Crippen LogP contribution < -0.4 is 10.3 Å². The Hall–Kier alpha value is -2.95. The van der Waals surface area contributed by atoms with Gasteiger partial charge in [-0.1, -0.05) is 24.3 Å². The third-order valence-corrected chi connectivity index (χ3v) is 3.07. The first-order valence-electron chi connectivity index (χ1n) is 6.42. The third kappa shape index (κ3) is 2.41. The van der Waals surface area contributed by atoms with Crippen molar-refractivity contribution in [3.63, 3.8) is 0 Å². The minimum absolute atomic E-state index is 0.0486. The first kappa shape index (κ1) is 13.1. The number of aromatic nitrogens is 2. The molecular weight excluding hydrogens is 268 g/mol. The molecule has 0 saturated heterocycles. The lowest BCUT2D eigenvalue weighted by atomic mass is 10.2. The van der Waals surface area contributed by atoms with Gasteiger partial charge < -0.3 is 4.74 Å². The molecule has 0 fully saturated rings. The van der Waals surface area contributed by atoms with Gasteiger partial charge in [-0.3, -0.25) is 9.20 Å². The van der Waals surface area contributed by atoms with E-state index >= 15 is 0 Å². The van der Waals surface area contributed by atoms with E-state index in [-0.39, 0.29) is 5.75 Å². The number of carbonyl (C=O) groups is 1. The molecule has 0 bridgehead atoms. The number of nitrogens with zero attached hydrogens (tertiary/aromatic N) is 2. The molecule has 0 atom stereocenters. The van der Waals surface area contributed by atoms with Gasteiger partial charge in [0.2, 0.25) is 5.75 Å². The van der Waals surface area contributed by atoms with E-state index in [1.165, 1.54) is 4.40 Å². The number of hydrogen-bond donors (Lipinski definition) is 0. The van der Waals surface area contributed by atoms with Gasteiger partial charge in [0.1, 0.15) is 5.65 Å². The fourth-order valence-corrected chi connectivity index (χ4v) is 2.03. The summed E-state index contributed by atoms with van der Waals surface area (Å²) in [5.74, 6) is -0.624. The van der Waals surface area contributed by atoms with E-state index in [1.807, 2.05) is 0 Å². The maximum absolute atomic E-state index is 12.4. The highest BCUT2D eigenvalue weighted by atomic mass is 16.5. The van der Waals surface area contributed by atoms with Crippen LogP contribution in [0.25, 0.3) is 5.65 Å². The molecule has 1 aromatic carbocycles. The first-order valence-corrected chi connectivity index (χ1v) is 6.42. The van der Waals surface area contributed by atoms with E-state index in [2.05, 4.69) is 4.98 Å². The van der Waals surface area contributed by atoms with Gasteiger partial charge in [0.25, 0.3) is 0 Å². The van der Waals surface area contributed by atoms with E-state index in [0.29, 0.717) is 16.9 Å². The number of benzene rings is 1. The van der Waals surface area contributed by atoms with Crippen molar-refractivity contribution in [2.75, 3.05) is 0 Å². The average molecular weight is 280 g/mol. The van der Waals surface area contributed by atoms with Crippen LogP contribution in [0.15, 0.2) is 59.5 Å². The molecule has 0 saturated carbocycles. The summed E-state index contributed by atoms with van der Waals surface area (Å²) in [5, 5.41) is 0. The van der Waals surface area contributed by atoms with Gasteiger partial charge in [-0.05, 0) is 31.2 Å². The lowest BCUT2D eigenvalue weighted by Gasteiger charge is -2.08. The van der Waals surface area contributed by atoms with Crippen molar-refractivity contribution < 1.29 is 9.53 Å². The van der Waals surface area contributed by atoms with Crippen LogP contribution in [-0.4, -0.2) is 15.4 Å². The summed E-state index contributed by atoms with van der Waals surface area (Å²) in [7, 11) is 0. The summed E-state index contributed by atoms with van der Waals surface area (Å²) in [4.78, 5) is 28.7. The molecule has 0 radical (unpaired) electrons. The van der Waals surface area contributed by atoms with Crippen molar-refractivity contribution in [1.29, 1.82) is 0 Å². The molecule has 0 N–H and O–H groups in total. The normalized spacial score (nSPS) is 10.5. The second kappa shape index (κ2) is 5.20. The van der Waals surface area contributed by atoms with Crippen LogP contribution in [0.3, 0.4) is 0 Å². The maximum Gasteiger partial charge on any atom is 0.343 e. The van der Waals surface area contributed by atoms with Crippen molar-refractivity contribution in [2.45, 2.75) is 6.92 Å². The fourth-order valence-electron chi connectivity index (χ4n) is 2.03. The van der Waals surface area contributed by atoms with E-state index in [1.54, 1.807) is 61.7 Å². The van der Waals surface area contributed by atoms with Crippen molar-refractivity contribution >= 4 is 11.6 Å². The van der Waals surface area contributed by atoms with Crippen LogP contribution >= 0.6 is 0 Å². The number of ether oxygens (including phenoxy) is 1. The monoisotopic (exact) mass is 280 g/mol. The highest BCUT2D eigenvalue weighted by Gasteiger charge is 2.15. The molecule has 0 spiro atoms. The lowest BCUT2D eigenvalue weighted by Crippen LogP contribution is -2.22. The first-order chi connectivity index (χ1) is 10.2. The van der Waals surface area contributed by atoms with Crippen LogP contribution in [0.2, 0.25) is 0 Å².